The van der Waals surface area contributed by atoms with Crippen LogP contribution in [0.25, 0.3) is 0 Å². The number of carboxylic acid groups (broad SMARTS) is 1. The van der Waals surface area contributed by atoms with E-state index in [0.29, 0.717) is 5.56 Å². The van der Waals surface area contributed by atoms with Crippen molar-refractivity contribution >= 4 is 11.8 Å². The van der Waals surface area contributed by atoms with Gasteiger partial charge in [0.25, 0.3) is 0 Å². The van der Waals surface area contributed by atoms with Gasteiger partial charge in [-0.3, -0.25) is 4.79 Å². The molecule has 0 aromatic heterocycles. The number of aliphatic hydroxyl groups excluding tert-OH is 1. The number of ketones is 1. The minimum absolute atomic E-state index is 0.00302. The molecule has 0 saturated carbocycles. The summed E-state index contributed by atoms with van der Waals surface area (Å²) in [5.41, 5.74) is 0.101. The van der Waals surface area contributed by atoms with Crippen LogP contribution in [0.3, 0.4) is 0 Å². The second kappa shape index (κ2) is 6.24. The normalized spacial score (nSPS) is 12.3. The van der Waals surface area contributed by atoms with E-state index in [1.807, 2.05) is 0 Å². The number of Topliss-reactive ketones (excluding diaryl/α,β-unsaturated/α-hetero) is 1. The maximum Gasteiger partial charge on any atom is 0.387 e. The van der Waals surface area contributed by atoms with Crippen LogP contribution in [0.4, 0.5) is 8.78 Å². The quantitative estimate of drug-likeness (QED) is 0.822. The number of aliphatic hydroxyl groups is 1. The summed E-state index contributed by atoms with van der Waals surface area (Å²) in [6, 6.07) is 3.64. The van der Waals surface area contributed by atoms with Crippen molar-refractivity contribution in [2.75, 3.05) is 0 Å². The van der Waals surface area contributed by atoms with Gasteiger partial charge >= 0.3 is 12.6 Å². The van der Waals surface area contributed by atoms with Crippen LogP contribution in [-0.2, 0) is 16.0 Å². The van der Waals surface area contributed by atoms with Crippen LogP contribution < -0.4 is 4.74 Å². The van der Waals surface area contributed by atoms with Gasteiger partial charge in [0.2, 0.25) is 0 Å². The zero-order valence-corrected chi connectivity index (χ0v) is 9.97. The number of ether oxygens (including phenoxy) is 1. The van der Waals surface area contributed by atoms with E-state index in [2.05, 4.69) is 4.74 Å². The molecule has 7 heteroatoms. The highest BCUT2D eigenvalue weighted by atomic mass is 19.3. The van der Waals surface area contributed by atoms with Crippen LogP contribution in [0.2, 0.25) is 0 Å². The Morgan fingerprint density at radius 2 is 2.00 bits per heavy atom. The van der Waals surface area contributed by atoms with Gasteiger partial charge in [0, 0.05) is 12.0 Å². The summed E-state index contributed by atoms with van der Waals surface area (Å²) in [5.74, 6) is -2.23. The highest BCUT2D eigenvalue weighted by Crippen LogP contribution is 2.28. The Hall–Kier alpha value is -2.02. The van der Waals surface area contributed by atoms with Gasteiger partial charge < -0.3 is 14.9 Å². The van der Waals surface area contributed by atoms with E-state index in [1.54, 1.807) is 0 Å². The van der Waals surface area contributed by atoms with Crippen LogP contribution in [0.5, 0.6) is 5.75 Å². The smallest absolute Gasteiger partial charge is 0.387 e. The Morgan fingerprint density at radius 3 is 2.47 bits per heavy atom. The maximum atomic E-state index is 12.2. The maximum absolute atomic E-state index is 12.2. The number of carbonyl (C=O) groups is 2. The summed E-state index contributed by atoms with van der Waals surface area (Å²) >= 11 is 0. The molecule has 1 atom stereocenters. The lowest BCUT2D eigenvalue weighted by atomic mass is 10.0. The fourth-order valence-corrected chi connectivity index (χ4v) is 1.53. The molecule has 0 aliphatic rings. The second-order valence-corrected chi connectivity index (χ2v) is 3.87. The number of alkyl halides is 2. The van der Waals surface area contributed by atoms with Crippen molar-refractivity contribution in [1.29, 1.82) is 0 Å². The predicted molar refractivity (Wildman–Crippen MR) is 60.1 cm³/mol. The van der Waals surface area contributed by atoms with E-state index < -0.39 is 24.4 Å². The second-order valence-electron chi connectivity index (χ2n) is 3.87. The molecule has 19 heavy (non-hydrogen) atoms. The third-order valence-electron chi connectivity index (χ3n) is 2.28. The fraction of sp³-hybridized carbons (Fsp3) is 0.333. The first-order valence-electron chi connectivity index (χ1n) is 5.29. The molecule has 1 aromatic carbocycles. The van der Waals surface area contributed by atoms with E-state index >= 15 is 0 Å². The molecule has 5 nitrogen and oxygen atoms in total. The Bertz CT molecular complexity index is 487. The zero-order valence-electron chi connectivity index (χ0n) is 9.97. The Morgan fingerprint density at radius 1 is 1.37 bits per heavy atom. The monoisotopic (exact) mass is 274 g/mol. The summed E-state index contributed by atoms with van der Waals surface area (Å²) in [5, 5.41) is 18.0. The van der Waals surface area contributed by atoms with E-state index in [0.717, 1.165) is 12.1 Å². The molecule has 1 rings (SSSR count). The van der Waals surface area contributed by atoms with Gasteiger partial charge in [0.05, 0.1) is 0 Å². The lowest BCUT2D eigenvalue weighted by Crippen LogP contribution is -2.14. The van der Waals surface area contributed by atoms with Crippen LogP contribution in [0.1, 0.15) is 24.2 Å². The number of benzene rings is 1. The van der Waals surface area contributed by atoms with Crippen molar-refractivity contribution in [2.45, 2.75) is 26.1 Å². The largest absolute Gasteiger partial charge is 0.479 e. The summed E-state index contributed by atoms with van der Waals surface area (Å²) in [6.45, 7) is -1.83. The van der Waals surface area contributed by atoms with Crippen molar-refractivity contribution in [3.05, 3.63) is 29.3 Å². The van der Waals surface area contributed by atoms with Crippen LogP contribution in [0, 0.1) is 0 Å². The Balaban J connectivity index is 3.15. The third-order valence-corrected chi connectivity index (χ3v) is 2.28. The minimum atomic E-state index is -3.16. The molecule has 104 valence electrons. The number of carboxylic acids is 1. The lowest BCUT2D eigenvalue weighted by molar-refractivity contribution is -0.147. The minimum Gasteiger partial charge on any atom is -0.479 e. The molecule has 1 aromatic rings. The van der Waals surface area contributed by atoms with E-state index in [-0.39, 0.29) is 17.8 Å². The van der Waals surface area contributed by atoms with Crippen LogP contribution in [0.15, 0.2) is 18.2 Å². The SMILES string of the molecule is CC(=O)Cc1ccc(C(O)C(=O)O)c(OC(F)F)c1. The van der Waals surface area contributed by atoms with Gasteiger partial charge in [0.1, 0.15) is 11.5 Å². The average Bonchev–Trinajstić information content (AvgIpc) is 2.26. The van der Waals surface area contributed by atoms with Crippen molar-refractivity contribution in [2.24, 2.45) is 0 Å². The molecular formula is C12H12F2O5. The third kappa shape index (κ3) is 4.29. The van der Waals surface area contributed by atoms with Crippen molar-refractivity contribution < 1.29 is 33.3 Å². The fourth-order valence-electron chi connectivity index (χ4n) is 1.53. The van der Waals surface area contributed by atoms with Crippen molar-refractivity contribution in [3.8, 4) is 5.75 Å². The summed E-state index contributed by atoms with van der Waals surface area (Å²) in [7, 11) is 0. The molecule has 2 N–H and O–H groups in total. The topological polar surface area (TPSA) is 83.8 Å². The zero-order chi connectivity index (χ0) is 14.6. The molecule has 1 unspecified atom stereocenters. The molecule has 0 aliphatic heterocycles. The predicted octanol–water partition coefficient (Wildman–Crippen LogP) is 1.54. The number of hydrogen-bond donors (Lipinski definition) is 2. The number of hydrogen-bond acceptors (Lipinski definition) is 4. The molecule has 0 fully saturated rings. The van der Waals surface area contributed by atoms with Crippen LogP contribution in [-0.4, -0.2) is 28.6 Å². The van der Waals surface area contributed by atoms with Gasteiger partial charge in [0.15, 0.2) is 6.10 Å². The van der Waals surface area contributed by atoms with E-state index in [4.69, 9.17) is 5.11 Å². The van der Waals surface area contributed by atoms with E-state index in [9.17, 15) is 23.5 Å². The van der Waals surface area contributed by atoms with E-state index in [1.165, 1.54) is 13.0 Å². The summed E-state index contributed by atoms with van der Waals surface area (Å²) in [4.78, 5) is 21.6. The van der Waals surface area contributed by atoms with Gasteiger partial charge in [-0.15, -0.1) is 0 Å². The first-order valence-corrected chi connectivity index (χ1v) is 5.29. The van der Waals surface area contributed by atoms with Crippen molar-refractivity contribution in [1.82, 2.24) is 0 Å². The summed E-state index contributed by atoms with van der Waals surface area (Å²) in [6.07, 6.45) is -1.97. The highest BCUT2D eigenvalue weighted by molar-refractivity contribution is 5.79. The summed E-state index contributed by atoms with van der Waals surface area (Å²) < 4.78 is 28.7. The number of halogens is 2. The molecule has 0 spiro atoms. The Kier molecular flexibility index (Phi) is 4.94. The molecular weight excluding hydrogens is 262 g/mol. The molecule has 0 amide bonds. The van der Waals surface area contributed by atoms with Crippen molar-refractivity contribution in [3.63, 3.8) is 0 Å². The molecule has 0 radical (unpaired) electrons. The lowest BCUT2D eigenvalue weighted by Gasteiger charge is -2.14. The van der Waals surface area contributed by atoms with Gasteiger partial charge in [-0.05, 0) is 18.6 Å². The molecule has 0 heterocycles. The van der Waals surface area contributed by atoms with Gasteiger partial charge in [-0.2, -0.15) is 8.78 Å². The molecule has 0 aliphatic carbocycles. The number of aliphatic carboxylic acids is 1. The van der Waals surface area contributed by atoms with Gasteiger partial charge in [-0.1, -0.05) is 12.1 Å². The standard InChI is InChI=1S/C12H12F2O5/c1-6(15)4-7-2-3-8(10(16)11(17)18)9(5-7)19-12(13)14/h2-3,5,10,12,16H,4H2,1H3,(H,17,18). The number of carbonyl (C=O) groups excluding carboxylic acids is 1. The number of rotatable bonds is 6. The van der Waals surface area contributed by atoms with Gasteiger partial charge in [-0.25, -0.2) is 4.79 Å². The molecule has 0 saturated heterocycles. The van der Waals surface area contributed by atoms with Crippen LogP contribution >= 0.6 is 0 Å². The molecule has 0 bridgehead atoms. The first-order chi connectivity index (χ1) is 8.81. The highest BCUT2D eigenvalue weighted by Gasteiger charge is 2.22. The Labute approximate surface area is 107 Å². The first kappa shape index (κ1) is 15.0. The average molecular weight is 274 g/mol.